The summed E-state index contributed by atoms with van der Waals surface area (Å²) in [6.07, 6.45) is 0.831. The first kappa shape index (κ1) is 12.0. The molecule has 0 spiro atoms. The second kappa shape index (κ2) is 5.71. The molecular formula is C12H14O2S. The van der Waals surface area contributed by atoms with E-state index in [0.717, 1.165) is 11.1 Å². The number of hydrogen-bond acceptors (Lipinski definition) is 3. The maximum Gasteiger partial charge on any atom is 0.146 e. The summed E-state index contributed by atoms with van der Waals surface area (Å²) in [7, 11) is 0. The minimum atomic E-state index is 0.0957. The van der Waals surface area contributed by atoms with Crippen molar-refractivity contribution in [2.75, 3.05) is 5.75 Å². The summed E-state index contributed by atoms with van der Waals surface area (Å²) in [5.41, 5.74) is 1.92. The predicted octanol–water partition coefficient (Wildman–Crippen LogP) is 1.86. The molecule has 3 heteroatoms. The van der Waals surface area contributed by atoms with Crippen LogP contribution >= 0.6 is 12.6 Å². The second-order valence-electron chi connectivity index (χ2n) is 3.57. The summed E-state index contributed by atoms with van der Waals surface area (Å²) in [6.45, 7) is 1.56. The topological polar surface area (TPSA) is 34.1 Å². The highest BCUT2D eigenvalue weighted by Crippen LogP contribution is 2.08. The van der Waals surface area contributed by atoms with Gasteiger partial charge >= 0.3 is 0 Å². The van der Waals surface area contributed by atoms with E-state index in [2.05, 4.69) is 12.6 Å². The number of carbonyl (C=O) groups excluding carboxylic acids is 2. The SMILES string of the molecule is CC(=O)Cc1cccc(CC(=O)CS)c1. The lowest BCUT2D eigenvalue weighted by atomic mass is 10.0. The third-order valence-corrected chi connectivity index (χ3v) is 2.37. The minimum Gasteiger partial charge on any atom is -0.300 e. The molecule has 0 amide bonds. The van der Waals surface area contributed by atoms with Gasteiger partial charge in [0.2, 0.25) is 0 Å². The lowest BCUT2D eigenvalue weighted by Crippen LogP contribution is -2.04. The van der Waals surface area contributed by atoms with E-state index < -0.39 is 0 Å². The molecule has 0 aromatic heterocycles. The number of ketones is 2. The fourth-order valence-electron chi connectivity index (χ4n) is 1.42. The Bertz CT molecular complexity index is 372. The molecule has 15 heavy (non-hydrogen) atoms. The highest BCUT2D eigenvalue weighted by Gasteiger charge is 2.03. The maximum absolute atomic E-state index is 11.2. The molecule has 0 aliphatic carbocycles. The fourth-order valence-corrected chi connectivity index (χ4v) is 1.53. The Hall–Kier alpha value is -1.09. The Morgan fingerprint density at radius 2 is 1.80 bits per heavy atom. The van der Waals surface area contributed by atoms with Crippen LogP contribution in [0.25, 0.3) is 0 Å². The standard InChI is InChI=1S/C12H14O2S/c1-9(13)5-10-3-2-4-11(6-10)7-12(14)8-15/h2-4,6,15H,5,7-8H2,1H3. The van der Waals surface area contributed by atoms with Crippen molar-refractivity contribution in [2.24, 2.45) is 0 Å². The number of benzene rings is 1. The van der Waals surface area contributed by atoms with Crippen LogP contribution in [0.3, 0.4) is 0 Å². The van der Waals surface area contributed by atoms with Crippen LogP contribution in [0.5, 0.6) is 0 Å². The molecule has 0 saturated heterocycles. The van der Waals surface area contributed by atoms with Crippen LogP contribution in [-0.4, -0.2) is 17.3 Å². The van der Waals surface area contributed by atoms with Crippen molar-refractivity contribution in [3.63, 3.8) is 0 Å². The quantitative estimate of drug-likeness (QED) is 0.772. The van der Waals surface area contributed by atoms with Crippen molar-refractivity contribution in [2.45, 2.75) is 19.8 Å². The molecule has 80 valence electrons. The van der Waals surface area contributed by atoms with Crippen LogP contribution in [0, 0.1) is 0 Å². The van der Waals surface area contributed by atoms with Gasteiger partial charge in [-0.05, 0) is 18.1 Å². The third kappa shape index (κ3) is 4.30. The van der Waals surface area contributed by atoms with Gasteiger partial charge in [-0.3, -0.25) is 9.59 Å². The number of hydrogen-bond donors (Lipinski definition) is 1. The van der Waals surface area contributed by atoms with Crippen LogP contribution in [0.2, 0.25) is 0 Å². The molecule has 0 bridgehead atoms. The molecule has 1 rings (SSSR count). The van der Waals surface area contributed by atoms with Crippen molar-refractivity contribution in [3.05, 3.63) is 35.4 Å². The Labute approximate surface area is 95.1 Å². The minimum absolute atomic E-state index is 0.0957. The van der Waals surface area contributed by atoms with Crippen LogP contribution in [0.1, 0.15) is 18.1 Å². The molecule has 1 aromatic carbocycles. The molecule has 1 aromatic rings. The number of carbonyl (C=O) groups is 2. The summed E-state index contributed by atoms with van der Waals surface area (Å²) in [5, 5.41) is 0. The monoisotopic (exact) mass is 222 g/mol. The molecule has 0 atom stereocenters. The van der Waals surface area contributed by atoms with Crippen LogP contribution in [-0.2, 0) is 22.4 Å². The summed E-state index contributed by atoms with van der Waals surface area (Å²) in [5.74, 6) is 0.489. The Kier molecular flexibility index (Phi) is 4.56. The summed E-state index contributed by atoms with van der Waals surface area (Å²) < 4.78 is 0. The molecule has 0 aliphatic heterocycles. The van der Waals surface area contributed by atoms with E-state index in [1.54, 1.807) is 6.92 Å². The van der Waals surface area contributed by atoms with E-state index in [1.807, 2.05) is 24.3 Å². The van der Waals surface area contributed by atoms with E-state index in [1.165, 1.54) is 0 Å². The second-order valence-corrected chi connectivity index (χ2v) is 3.89. The Morgan fingerprint density at radius 1 is 1.20 bits per heavy atom. The van der Waals surface area contributed by atoms with Gasteiger partial charge in [0.05, 0.1) is 0 Å². The van der Waals surface area contributed by atoms with Crippen molar-refractivity contribution in [1.29, 1.82) is 0 Å². The third-order valence-electron chi connectivity index (χ3n) is 2.02. The van der Waals surface area contributed by atoms with Crippen molar-refractivity contribution < 1.29 is 9.59 Å². The van der Waals surface area contributed by atoms with Crippen LogP contribution in [0.15, 0.2) is 24.3 Å². The zero-order chi connectivity index (χ0) is 11.3. The largest absolute Gasteiger partial charge is 0.300 e. The normalized spacial score (nSPS) is 10.0. The Balaban J connectivity index is 2.74. The van der Waals surface area contributed by atoms with Crippen molar-refractivity contribution in [3.8, 4) is 0 Å². The smallest absolute Gasteiger partial charge is 0.146 e. The van der Waals surface area contributed by atoms with Crippen molar-refractivity contribution >= 4 is 24.2 Å². The number of Topliss-reactive ketones (excluding diaryl/α,β-unsaturated/α-hetero) is 2. The molecule has 0 fully saturated rings. The first-order valence-corrected chi connectivity index (χ1v) is 5.45. The lowest BCUT2D eigenvalue weighted by Gasteiger charge is -2.02. The first-order chi connectivity index (χ1) is 7.11. The molecule has 2 nitrogen and oxygen atoms in total. The first-order valence-electron chi connectivity index (χ1n) is 4.81. The molecule has 0 unspecified atom stereocenters. The average molecular weight is 222 g/mol. The number of rotatable bonds is 5. The average Bonchev–Trinajstić information content (AvgIpc) is 2.17. The highest BCUT2D eigenvalue weighted by molar-refractivity contribution is 7.81. The highest BCUT2D eigenvalue weighted by atomic mass is 32.1. The van der Waals surface area contributed by atoms with Gasteiger partial charge in [-0.25, -0.2) is 0 Å². The van der Waals surface area contributed by atoms with Crippen LogP contribution in [0.4, 0.5) is 0 Å². The van der Waals surface area contributed by atoms with Gasteiger partial charge in [-0.15, -0.1) is 0 Å². The van der Waals surface area contributed by atoms with Gasteiger partial charge in [-0.2, -0.15) is 12.6 Å². The summed E-state index contributed by atoms with van der Waals surface area (Å²) >= 11 is 3.92. The van der Waals surface area contributed by atoms with E-state index in [9.17, 15) is 9.59 Å². The van der Waals surface area contributed by atoms with Crippen LogP contribution < -0.4 is 0 Å². The molecule has 0 radical (unpaired) electrons. The fraction of sp³-hybridized carbons (Fsp3) is 0.333. The zero-order valence-corrected chi connectivity index (χ0v) is 9.59. The van der Waals surface area contributed by atoms with E-state index >= 15 is 0 Å². The maximum atomic E-state index is 11.2. The summed E-state index contributed by atoms with van der Waals surface area (Å²) in [4.78, 5) is 22.1. The molecule has 0 heterocycles. The van der Waals surface area contributed by atoms with Gasteiger partial charge in [0, 0.05) is 18.6 Å². The summed E-state index contributed by atoms with van der Waals surface area (Å²) in [6, 6.07) is 7.57. The lowest BCUT2D eigenvalue weighted by molar-refractivity contribution is -0.116. The van der Waals surface area contributed by atoms with Gasteiger partial charge in [0.1, 0.15) is 11.6 Å². The molecule has 0 saturated carbocycles. The molecule has 0 N–H and O–H groups in total. The van der Waals surface area contributed by atoms with Gasteiger partial charge in [-0.1, -0.05) is 24.3 Å². The van der Waals surface area contributed by atoms with E-state index in [4.69, 9.17) is 0 Å². The zero-order valence-electron chi connectivity index (χ0n) is 8.69. The van der Waals surface area contributed by atoms with Gasteiger partial charge in [0.25, 0.3) is 0 Å². The van der Waals surface area contributed by atoms with E-state index in [-0.39, 0.29) is 17.3 Å². The number of thiol groups is 1. The molecular weight excluding hydrogens is 208 g/mol. The molecule has 0 aliphatic rings. The van der Waals surface area contributed by atoms with Gasteiger partial charge in [0.15, 0.2) is 0 Å². The van der Waals surface area contributed by atoms with Crippen molar-refractivity contribution in [1.82, 2.24) is 0 Å². The Morgan fingerprint density at radius 3 is 2.33 bits per heavy atom. The van der Waals surface area contributed by atoms with Gasteiger partial charge < -0.3 is 0 Å². The predicted molar refractivity (Wildman–Crippen MR) is 63.4 cm³/mol. The van der Waals surface area contributed by atoms with E-state index in [0.29, 0.717) is 12.8 Å².